The minimum Gasteiger partial charge on any atom is -0.744 e. The first-order valence-corrected chi connectivity index (χ1v) is 14.7. The van der Waals surface area contributed by atoms with E-state index in [1.165, 1.54) is 17.7 Å². The predicted octanol–water partition coefficient (Wildman–Crippen LogP) is 3.13. The maximum absolute atomic E-state index is 11.5. The summed E-state index contributed by atoms with van der Waals surface area (Å²) in [4.78, 5) is 11.3. The van der Waals surface area contributed by atoms with Crippen molar-refractivity contribution in [2.24, 2.45) is 0 Å². The molecule has 1 unspecified atom stereocenters. The van der Waals surface area contributed by atoms with Crippen LogP contribution in [0.15, 0.2) is 53.4 Å². The summed E-state index contributed by atoms with van der Waals surface area (Å²) in [5.41, 5.74) is 3.02. The highest BCUT2D eigenvalue weighted by Crippen LogP contribution is 2.09. The Morgan fingerprint density at radius 3 is 1.97 bits per heavy atom. The van der Waals surface area contributed by atoms with Crippen LogP contribution in [0.2, 0.25) is 0 Å². The largest absolute Gasteiger partial charge is 0.744 e. The van der Waals surface area contributed by atoms with E-state index < -0.39 is 16.2 Å². The van der Waals surface area contributed by atoms with Crippen LogP contribution in [0.1, 0.15) is 24.5 Å². The smallest absolute Gasteiger partial charge is 0.229 e. The summed E-state index contributed by atoms with van der Waals surface area (Å²) in [6, 6.07) is 13.7. The van der Waals surface area contributed by atoms with Crippen LogP contribution in [-0.4, -0.2) is 75.3 Å². The zero-order chi connectivity index (χ0) is 26.9. The summed E-state index contributed by atoms with van der Waals surface area (Å²) in [7, 11) is -2.38. The Kier molecular flexibility index (Phi) is 17.3. The molecule has 2 rings (SSSR count). The van der Waals surface area contributed by atoms with Crippen molar-refractivity contribution in [1.82, 2.24) is 0 Å². The number of benzene rings is 2. The number of carbonyl (C=O) groups is 1. The fraction of sp³-hybridized carbons (Fsp3) is 0.480. The second-order valence-electron chi connectivity index (χ2n) is 7.89. The summed E-state index contributed by atoms with van der Waals surface area (Å²) in [6.07, 6.45) is 4.44. The predicted molar refractivity (Wildman–Crippen MR) is 142 cm³/mol. The Bertz CT molecular complexity index is 931. The van der Waals surface area contributed by atoms with Gasteiger partial charge in [0.1, 0.15) is 22.0 Å². The minimum absolute atomic E-state index is 0.111. The third-order valence-electron chi connectivity index (χ3n) is 4.26. The molecule has 0 spiro atoms. The zero-order valence-corrected chi connectivity index (χ0v) is 23.1. The van der Waals surface area contributed by atoms with E-state index in [0.717, 1.165) is 17.0 Å². The molecule has 0 aliphatic heterocycles. The molecule has 0 aliphatic carbocycles. The maximum atomic E-state index is 11.5. The molecule has 0 aliphatic rings. The molecule has 2 aromatic rings. The molecular weight excluding hydrogens is 490 g/mol. The standard InChI is InChI=1S/C12H17NOS.C7H8O3S.C6H14O3/c1-10-4-6-11(7-5-10)13-12(14)8-9-15(2)3;1-6-2-4-7(5-3-6)11(8,9)10;1-3-9-5-6(7)4-8-2/h4-7H,8-9H2,1-3H3;2-5H,1H3,(H,8,9,10);6-7H,3-5H2,1-2H3. The molecule has 0 bridgehead atoms. The molecule has 35 heavy (non-hydrogen) atoms. The lowest BCUT2D eigenvalue weighted by atomic mass is 10.2. The topological polar surface area (TPSA) is 125 Å². The number of rotatable bonds is 10. The minimum atomic E-state index is -4.27. The average molecular weight is 530 g/mol. The van der Waals surface area contributed by atoms with Gasteiger partial charge in [0.2, 0.25) is 5.91 Å². The molecule has 0 saturated heterocycles. The summed E-state index contributed by atoms with van der Waals surface area (Å²) in [5.74, 6) is 1.08. The van der Waals surface area contributed by atoms with Gasteiger partial charge in [-0.05, 0) is 55.9 Å². The number of nitrogens with one attached hydrogen (secondary N) is 1. The van der Waals surface area contributed by atoms with Crippen molar-refractivity contribution < 1.29 is 32.3 Å². The molecule has 0 aromatic heterocycles. The fourth-order valence-electron chi connectivity index (χ4n) is 2.36. The van der Waals surface area contributed by atoms with Crippen LogP contribution in [0.4, 0.5) is 5.69 Å². The average Bonchev–Trinajstić information content (AvgIpc) is 2.79. The second-order valence-corrected chi connectivity index (χ2v) is 11.6. The summed E-state index contributed by atoms with van der Waals surface area (Å²) < 4.78 is 40.8. The van der Waals surface area contributed by atoms with E-state index in [4.69, 9.17) is 9.84 Å². The number of amides is 1. The van der Waals surface area contributed by atoms with Crippen molar-refractivity contribution in [3.8, 4) is 0 Å². The van der Waals surface area contributed by atoms with Crippen LogP contribution in [0.3, 0.4) is 0 Å². The molecular formula is C25H39NO7S2. The van der Waals surface area contributed by atoms with Gasteiger partial charge in [-0.1, -0.05) is 35.4 Å². The van der Waals surface area contributed by atoms with E-state index >= 15 is 0 Å². The molecule has 0 heterocycles. The number of ether oxygens (including phenoxy) is 2. The summed E-state index contributed by atoms with van der Waals surface area (Å²) >= 11 is 0. The lowest BCUT2D eigenvalue weighted by Gasteiger charge is -2.07. The van der Waals surface area contributed by atoms with Gasteiger partial charge in [0.15, 0.2) is 0 Å². The third-order valence-corrected chi connectivity index (χ3v) is 6.13. The van der Waals surface area contributed by atoms with Gasteiger partial charge < -0.3 is 24.4 Å². The van der Waals surface area contributed by atoms with E-state index in [-0.39, 0.29) is 10.8 Å². The molecule has 1 atom stereocenters. The Morgan fingerprint density at radius 1 is 1.03 bits per heavy atom. The van der Waals surface area contributed by atoms with Crippen LogP contribution in [0.25, 0.3) is 0 Å². The molecule has 198 valence electrons. The lowest BCUT2D eigenvalue weighted by Crippen LogP contribution is -2.20. The van der Waals surface area contributed by atoms with Crippen LogP contribution in [-0.2, 0) is 35.3 Å². The van der Waals surface area contributed by atoms with Crippen LogP contribution in [0.5, 0.6) is 0 Å². The molecule has 0 fully saturated rings. The normalized spacial score (nSPS) is 11.6. The second kappa shape index (κ2) is 18.3. The Hall–Kier alpha value is -1.95. The monoisotopic (exact) mass is 529 g/mol. The molecule has 10 heteroatoms. The highest BCUT2D eigenvalue weighted by atomic mass is 32.2. The number of hydrogen-bond donors (Lipinski definition) is 2. The number of anilines is 1. The van der Waals surface area contributed by atoms with Gasteiger partial charge in [-0.25, -0.2) is 8.42 Å². The number of aliphatic hydroxyl groups excluding tert-OH is 1. The van der Waals surface area contributed by atoms with E-state index in [1.807, 2.05) is 45.0 Å². The fourth-order valence-corrected chi connectivity index (χ4v) is 3.42. The van der Waals surface area contributed by atoms with E-state index in [0.29, 0.717) is 37.1 Å². The first-order chi connectivity index (χ1) is 16.4. The van der Waals surface area contributed by atoms with Crippen molar-refractivity contribution in [3.05, 3.63) is 59.7 Å². The third kappa shape index (κ3) is 18.0. The Labute approximate surface area is 213 Å². The van der Waals surface area contributed by atoms with Gasteiger partial charge in [0.05, 0.1) is 37.0 Å². The molecule has 0 saturated carbocycles. The van der Waals surface area contributed by atoms with Crippen molar-refractivity contribution >= 4 is 32.6 Å². The number of hydrogen-bond acceptors (Lipinski definition) is 7. The highest BCUT2D eigenvalue weighted by molar-refractivity contribution is 7.95. The SMILES string of the molecule is CCOCC(O)COC.Cc1ccc(NC(=O)CC[S+](C)C)cc1.Cc1ccc(S(=O)(=O)[O-])cc1. The van der Waals surface area contributed by atoms with E-state index in [2.05, 4.69) is 22.6 Å². The van der Waals surface area contributed by atoms with E-state index in [9.17, 15) is 17.8 Å². The number of aliphatic hydroxyl groups is 1. The maximum Gasteiger partial charge on any atom is 0.229 e. The Balaban J connectivity index is 0.000000515. The summed E-state index contributed by atoms with van der Waals surface area (Å²) in [5, 5.41) is 11.8. The molecule has 0 radical (unpaired) electrons. The zero-order valence-electron chi connectivity index (χ0n) is 21.4. The molecule has 1 amide bonds. The molecule has 8 nitrogen and oxygen atoms in total. The first-order valence-electron chi connectivity index (χ1n) is 11.1. The molecule has 2 aromatic carbocycles. The highest BCUT2D eigenvalue weighted by Gasteiger charge is 2.08. The van der Waals surface area contributed by atoms with Gasteiger partial charge in [-0.2, -0.15) is 0 Å². The van der Waals surface area contributed by atoms with Gasteiger partial charge >= 0.3 is 0 Å². The van der Waals surface area contributed by atoms with Crippen LogP contribution < -0.4 is 5.32 Å². The van der Waals surface area contributed by atoms with Crippen LogP contribution >= 0.6 is 0 Å². The van der Waals surface area contributed by atoms with Gasteiger partial charge in [0, 0.05) is 19.4 Å². The molecule has 2 N–H and O–H groups in total. The van der Waals surface area contributed by atoms with Crippen molar-refractivity contribution in [3.63, 3.8) is 0 Å². The number of aryl methyl sites for hydroxylation is 2. The lowest BCUT2D eigenvalue weighted by molar-refractivity contribution is -0.115. The first kappa shape index (κ1) is 33.0. The van der Waals surface area contributed by atoms with Gasteiger partial charge in [0.25, 0.3) is 0 Å². The van der Waals surface area contributed by atoms with Crippen molar-refractivity contribution in [1.29, 1.82) is 0 Å². The van der Waals surface area contributed by atoms with Crippen molar-refractivity contribution in [2.75, 3.05) is 50.5 Å². The van der Waals surface area contributed by atoms with Gasteiger partial charge in [-0.3, -0.25) is 4.79 Å². The Morgan fingerprint density at radius 2 is 1.54 bits per heavy atom. The van der Waals surface area contributed by atoms with Crippen LogP contribution in [0, 0.1) is 13.8 Å². The quantitative estimate of drug-likeness (QED) is 0.358. The van der Waals surface area contributed by atoms with Gasteiger partial charge in [-0.15, -0.1) is 0 Å². The van der Waals surface area contributed by atoms with E-state index in [1.54, 1.807) is 19.2 Å². The summed E-state index contributed by atoms with van der Waals surface area (Å²) in [6.45, 7) is 7.09. The van der Waals surface area contributed by atoms with Crippen molar-refractivity contribution in [2.45, 2.75) is 38.2 Å². The number of carbonyl (C=O) groups excluding carboxylic acids is 1. The number of methoxy groups -OCH3 is 1.